The second-order valence-corrected chi connectivity index (χ2v) is 7.69. The van der Waals surface area contributed by atoms with Crippen LogP contribution < -0.4 is 0 Å². The summed E-state index contributed by atoms with van der Waals surface area (Å²) >= 11 is 0. The van der Waals surface area contributed by atoms with Gasteiger partial charge in [0.2, 0.25) is 0 Å². The molecule has 0 bridgehead atoms. The van der Waals surface area contributed by atoms with Crippen LogP contribution in [-0.4, -0.2) is 52.3 Å². The number of H-pyrrole nitrogens is 1. The van der Waals surface area contributed by atoms with Crippen molar-refractivity contribution in [2.45, 2.75) is 39.2 Å². The van der Waals surface area contributed by atoms with Gasteiger partial charge in [-0.15, -0.1) is 0 Å². The van der Waals surface area contributed by atoms with Crippen molar-refractivity contribution in [3.63, 3.8) is 0 Å². The van der Waals surface area contributed by atoms with Gasteiger partial charge in [-0.25, -0.2) is 4.98 Å². The first kappa shape index (κ1) is 18.6. The van der Waals surface area contributed by atoms with Crippen molar-refractivity contribution >= 4 is 16.8 Å². The molecule has 1 atom stereocenters. The molecule has 0 saturated carbocycles. The smallest absolute Gasteiger partial charge is 0.254 e. The number of aryl methyl sites for hydroxylation is 2. The Kier molecular flexibility index (Phi) is 5.13. The number of hydrogen-bond acceptors (Lipinski definition) is 4. The van der Waals surface area contributed by atoms with E-state index in [1.54, 1.807) is 17.3 Å². The third-order valence-electron chi connectivity index (χ3n) is 5.37. The van der Waals surface area contributed by atoms with E-state index in [1.165, 1.54) is 0 Å². The first-order valence-electron chi connectivity index (χ1n) is 9.81. The lowest BCUT2D eigenvalue weighted by molar-refractivity contribution is -0.000152. The van der Waals surface area contributed by atoms with E-state index in [4.69, 9.17) is 9.72 Å². The van der Waals surface area contributed by atoms with Gasteiger partial charge in [-0.3, -0.25) is 9.89 Å². The Bertz CT molecular complexity index is 991. The molecule has 4 rings (SSSR count). The number of pyridine rings is 1. The van der Waals surface area contributed by atoms with Crippen molar-refractivity contribution in [3.8, 4) is 11.3 Å². The highest BCUT2D eigenvalue weighted by molar-refractivity contribution is 6.07. The van der Waals surface area contributed by atoms with Gasteiger partial charge in [-0.1, -0.05) is 11.6 Å². The van der Waals surface area contributed by atoms with Crippen molar-refractivity contribution in [2.24, 2.45) is 0 Å². The molecular weight excluding hydrogens is 352 g/mol. The van der Waals surface area contributed by atoms with Gasteiger partial charge in [0.05, 0.1) is 29.1 Å². The fourth-order valence-corrected chi connectivity index (χ4v) is 3.94. The van der Waals surface area contributed by atoms with Crippen LogP contribution in [0.15, 0.2) is 30.6 Å². The van der Waals surface area contributed by atoms with Crippen LogP contribution in [0.3, 0.4) is 0 Å². The summed E-state index contributed by atoms with van der Waals surface area (Å²) in [4.78, 5) is 20.0. The number of benzene rings is 1. The molecule has 2 aromatic heterocycles. The number of carbonyl (C=O) groups is 1. The van der Waals surface area contributed by atoms with Gasteiger partial charge < -0.3 is 9.64 Å². The van der Waals surface area contributed by atoms with Crippen LogP contribution >= 0.6 is 0 Å². The normalized spacial score (nSPS) is 17.0. The van der Waals surface area contributed by atoms with E-state index >= 15 is 0 Å². The molecule has 28 heavy (non-hydrogen) atoms. The predicted octanol–water partition coefficient (Wildman–Crippen LogP) is 3.88. The number of hydrogen-bond donors (Lipinski definition) is 1. The summed E-state index contributed by atoms with van der Waals surface area (Å²) in [5.41, 5.74) is 5.33. The van der Waals surface area contributed by atoms with E-state index in [-0.39, 0.29) is 12.0 Å². The molecule has 1 aliphatic rings. The van der Waals surface area contributed by atoms with Crippen LogP contribution in [0.25, 0.3) is 22.2 Å². The summed E-state index contributed by atoms with van der Waals surface area (Å²) in [6.45, 7) is 5.47. The van der Waals surface area contributed by atoms with Crippen LogP contribution in [-0.2, 0) is 4.74 Å². The number of amides is 1. The first-order chi connectivity index (χ1) is 13.5. The summed E-state index contributed by atoms with van der Waals surface area (Å²) in [6.07, 6.45) is 6.92. The molecule has 3 aromatic rings. The summed E-state index contributed by atoms with van der Waals surface area (Å²) in [6, 6.07) is 6.03. The predicted molar refractivity (Wildman–Crippen MR) is 109 cm³/mol. The van der Waals surface area contributed by atoms with Crippen LogP contribution in [0.2, 0.25) is 0 Å². The number of nitrogens with zero attached hydrogens (tertiary/aromatic N) is 3. The summed E-state index contributed by atoms with van der Waals surface area (Å²) in [7, 11) is 1.85. The fraction of sp³-hybridized carbons (Fsp3) is 0.409. The number of fused-ring (bicyclic) bond motifs is 1. The van der Waals surface area contributed by atoms with E-state index in [9.17, 15) is 4.79 Å². The zero-order valence-corrected chi connectivity index (χ0v) is 16.7. The van der Waals surface area contributed by atoms with Crippen LogP contribution in [0.5, 0.6) is 0 Å². The highest BCUT2D eigenvalue weighted by atomic mass is 16.5. The third kappa shape index (κ3) is 3.64. The number of rotatable bonds is 4. The van der Waals surface area contributed by atoms with Gasteiger partial charge in [0, 0.05) is 37.3 Å². The van der Waals surface area contributed by atoms with Gasteiger partial charge in [-0.05, 0) is 50.8 Å². The van der Waals surface area contributed by atoms with E-state index < -0.39 is 0 Å². The molecule has 3 heterocycles. The Hall–Kier alpha value is -2.73. The Morgan fingerprint density at radius 2 is 2.14 bits per heavy atom. The molecule has 6 nitrogen and oxygen atoms in total. The van der Waals surface area contributed by atoms with Crippen molar-refractivity contribution in [1.29, 1.82) is 0 Å². The number of aromatic amines is 1. The van der Waals surface area contributed by atoms with Crippen LogP contribution in [0.4, 0.5) is 0 Å². The lowest BCUT2D eigenvalue weighted by atomic mass is 9.99. The zero-order valence-electron chi connectivity index (χ0n) is 16.7. The van der Waals surface area contributed by atoms with Gasteiger partial charge in [-0.2, -0.15) is 5.10 Å². The van der Waals surface area contributed by atoms with Gasteiger partial charge in [0.15, 0.2) is 0 Å². The average molecular weight is 378 g/mol. The largest absolute Gasteiger partial charge is 0.376 e. The lowest BCUT2D eigenvalue weighted by Gasteiger charge is -2.28. The molecule has 1 aromatic carbocycles. The Labute approximate surface area is 164 Å². The maximum Gasteiger partial charge on any atom is 0.254 e. The fourth-order valence-electron chi connectivity index (χ4n) is 3.94. The minimum atomic E-state index is -0.00341. The highest BCUT2D eigenvalue weighted by Gasteiger charge is 2.22. The molecule has 0 aliphatic carbocycles. The molecule has 0 radical (unpaired) electrons. The van der Waals surface area contributed by atoms with Gasteiger partial charge in [0.25, 0.3) is 5.91 Å². The number of carbonyl (C=O) groups excluding carboxylic acids is 1. The molecule has 0 unspecified atom stereocenters. The molecular formula is C22H26N4O2. The lowest BCUT2D eigenvalue weighted by Crippen LogP contribution is -2.37. The van der Waals surface area contributed by atoms with Crippen molar-refractivity contribution in [2.75, 3.05) is 20.2 Å². The second-order valence-electron chi connectivity index (χ2n) is 7.69. The molecule has 0 spiro atoms. The maximum absolute atomic E-state index is 13.4. The Morgan fingerprint density at radius 1 is 1.29 bits per heavy atom. The summed E-state index contributed by atoms with van der Waals surface area (Å²) in [5.74, 6) is -0.00341. The Balaban J connectivity index is 1.76. The monoisotopic (exact) mass is 378 g/mol. The molecule has 1 amide bonds. The first-order valence-corrected chi connectivity index (χ1v) is 9.81. The van der Waals surface area contributed by atoms with Gasteiger partial charge in [0.1, 0.15) is 0 Å². The van der Waals surface area contributed by atoms with E-state index in [1.807, 2.05) is 33.0 Å². The number of nitrogens with one attached hydrogen (secondary N) is 1. The summed E-state index contributed by atoms with van der Waals surface area (Å²) in [5, 5.41) is 7.74. The van der Waals surface area contributed by atoms with Crippen LogP contribution in [0.1, 0.15) is 40.7 Å². The number of ether oxygens (including phenoxy) is 1. The number of aromatic nitrogens is 3. The minimum absolute atomic E-state index is 0.00341. The minimum Gasteiger partial charge on any atom is -0.376 e. The van der Waals surface area contributed by atoms with E-state index in [0.717, 1.165) is 59.2 Å². The maximum atomic E-state index is 13.4. The van der Waals surface area contributed by atoms with Crippen molar-refractivity contribution in [1.82, 2.24) is 20.1 Å². The molecule has 1 N–H and O–H groups in total. The molecule has 1 saturated heterocycles. The van der Waals surface area contributed by atoms with Crippen molar-refractivity contribution in [3.05, 3.63) is 47.3 Å². The van der Waals surface area contributed by atoms with E-state index in [2.05, 4.69) is 16.3 Å². The molecule has 146 valence electrons. The van der Waals surface area contributed by atoms with Crippen LogP contribution in [0, 0.1) is 13.8 Å². The zero-order chi connectivity index (χ0) is 19.7. The molecule has 6 heteroatoms. The second kappa shape index (κ2) is 7.72. The SMILES string of the molecule is Cc1cc(C)c2nc(-c3cn[nH]c3)cc(C(=O)N(C)C[C@@H]3CCCCO3)c2c1. The average Bonchev–Trinajstić information content (AvgIpc) is 3.22. The summed E-state index contributed by atoms with van der Waals surface area (Å²) < 4.78 is 5.82. The quantitative estimate of drug-likeness (QED) is 0.748. The Morgan fingerprint density at radius 3 is 2.86 bits per heavy atom. The van der Waals surface area contributed by atoms with E-state index in [0.29, 0.717) is 12.1 Å². The topological polar surface area (TPSA) is 71.1 Å². The number of likely N-dealkylation sites (N-methyl/N-ethyl adjacent to an activating group) is 1. The standard InChI is InChI=1S/C22H26N4O2/c1-14-8-15(2)21-18(9-14)19(10-20(25-21)16-11-23-24-12-16)22(27)26(3)13-17-6-4-5-7-28-17/h8-12,17H,4-7,13H2,1-3H3,(H,23,24)/t17-/m0/s1. The molecule has 1 aliphatic heterocycles. The highest BCUT2D eigenvalue weighted by Crippen LogP contribution is 2.28. The van der Waals surface area contributed by atoms with Crippen molar-refractivity contribution < 1.29 is 9.53 Å². The third-order valence-corrected chi connectivity index (χ3v) is 5.37. The molecule has 1 fully saturated rings. The van der Waals surface area contributed by atoms with Gasteiger partial charge >= 0.3 is 0 Å².